The molecule has 2 heterocycles. The summed E-state index contributed by atoms with van der Waals surface area (Å²) in [6.45, 7) is 7.72. The van der Waals surface area contributed by atoms with Crippen molar-refractivity contribution in [3.8, 4) is 0 Å². The second-order valence-electron chi connectivity index (χ2n) is 6.65. The number of carbonyl (C=O) groups excluding carboxylic acids is 1. The van der Waals surface area contributed by atoms with E-state index in [1.165, 1.54) is 0 Å². The van der Waals surface area contributed by atoms with Gasteiger partial charge in [-0.2, -0.15) is 5.10 Å². The van der Waals surface area contributed by atoms with Gasteiger partial charge in [0.1, 0.15) is 11.6 Å². The minimum atomic E-state index is -0.135. The van der Waals surface area contributed by atoms with E-state index in [-0.39, 0.29) is 11.9 Å². The number of anilines is 2. The van der Waals surface area contributed by atoms with Gasteiger partial charge >= 0.3 is 0 Å². The van der Waals surface area contributed by atoms with E-state index in [1.807, 2.05) is 59.0 Å². The molecule has 7 nitrogen and oxygen atoms in total. The summed E-state index contributed by atoms with van der Waals surface area (Å²) in [6, 6.07) is 9.09. The molecule has 2 aromatic heterocycles. The molecular formula is C20H24N6O. The molecule has 0 aliphatic carbocycles. The summed E-state index contributed by atoms with van der Waals surface area (Å²) in [5.41, 5.74) is 4.31. The van der Waals surface area contributed by atoms with Crippen molar-refractivity contribution in [1.82, 2.24) is 25.1 Å². The number of hydrogen-bond acceptors (Lipinski definition) is 5. The fourth-order valence-electron chi connectivity index (χ4n) is 2.97. The molecule has 0 unspecified atom stereocenters. The van der Waals surface area contributed by atoms with Gasteiger partial charge in [-0.1, -0.05) is 6.07 Å². The molecule has 1 amide bonds. The molecule has 0 aliphatic heterocycles. The van der Waals surface area contributed by atoms with Crippen LogP contribution >= 0.6 is 0 Å². The second kappa shape index (κ2) is 7.57. The summed E-state index contributed by atoms with van der Waals surface area (Å²) >= 11 is 0. The molecule has 0 saturated heterocycles. The van der Waals surface area contributed by atoms with Crippen molar-refractivity contribution in [3.05, 3.63) is 64.9 Å². The summed E-state index contributed by atoms with van der Waals surface area (Å²) in [6.07, 6.45) is 1.79. The van der Waals surface area contributed by atoms with Crippen LogP contribution in [0.5, 0.6) is 0 Å². The Morgan fingerprint density at radius 2 is 1.93 bits per heavy atom. The van der Waals surface area contributed by atoms with Crippen LogP contribution in [0.25, 0.3) is 0 Å². The number of carbonyl (C=O) groups is 1. The van der Waals surface area contributed by atoms with Crippen molar-refractivity contribution in [2.75, 3.05) is 5.32 Å². The predicted octanol–water partition coefficient (Wildman–Crippen LogP) is 3.37. The van der Waals surface area contributed by atoms with E-state index in [0.717, 1.165) is 22.6 Å². The number of aryl methyl sites for hydroxylation is 3. The van der Waals surface area contributed by atoms with Crippen molar-refractivity contribution < 1.29 is 4.79 Å². The quantitative estimate of drug-likeness (QED) is 0.725. The Balaban J connectivity index is 1.74. The van der Waals surface area contributed by atoms with Gasteiger partial charge < -0.3 is 10.6 Å². The highest BCUT2D eigenvalue weighted by Crippen LogP contribution is 2.19. The zero-order valence-electron chi connectivity index (χ0n) is 16.2. The average molecular weight is 364 g/mol. The lowest BCUT2D eigenvalue weighted by Gasteiger charge is -2.14. The highest BCUT2D eigenvalue weighted by atomic mass is 16.1. The van der Waals surface area contributed by atoms with E-state index in [4.69, 9.17) is 0 Å². The van der Waals surface area contributed by atoms with Gasteiger partial charge in [-0.05, 0) is 45.9 Å². The molecule has 0 bridgehead atoms. The number of rotatable bonds is 5. The second-order valence-corrected chi connectivity index (χ2v) is 6.65. The topological polar surface area (TPSA) is 84.7 Å². The van der Waals surface area contributed by atoms with E-state index >= 15 is 0 Å². The van der Waals surface area contributed by atoms with Crippen molar-refractivity contribution in [1.29, 1.82) is 0 Å². The zero-order chi connectivity index (χ0) is 19.6. The summed E-state index contributed by atoms with van der Waals surface area (Å²) in [7, 11) is 1.89. The number of amides is 1. The third-order valence-electron chi connectivity index (χ3n) is 4.45. The molecule has 0 radical (unpaired) electrons. The first-order chi connectivity index (χ1) is 12.8. The van der Waals surface area contributed by atoms with Crippen molar-refractivity contribution >= 4 is 17.4 Å². The van der Waals surface area contributed by atoms with E-state index in [1.54, 1.807) is 16.9 Å². The molecule has 140 valence electrons. The monoisotopic (exact) mass is 364 g/mol. The highest BCUT2D eigenvalue weighted by molar-refractivity contribution is 5.95. The molecule has 0 aliphatic rings. The van der Waals surface area contributed by atoms with Crippen LogP contribution in [0.2, 0.25) is 0 Å². The molecule has 1 atom stereocenters. The van der Waals surface area contributed by atoms with E-state index in [9.17, 15) is 4.79 Å². The zero-order valence-corrected chi connectivity index (χ0v) is 16.2. The molecule has 3 aromatic rings. The summed E-state index contributed by atoms with van der Waals surface area (Å²) < 4.78 is 1.80. The summed E-state index contributed by atoms with van der Waals surface area (Å²) in [4.78, 5) is 21.3. The molecule has 0 fully saturated rings. The van der Waals surface area contributed by atoms with Crippen molar-refractivity contribution in [2.45, 2.75) is 33.7 Å². The van der Waals surface area contributed by atoms with Crippen molar-refractivity contribution in [3.63, 3.8) is 0 Å². The van der Waals surface area contributed by atoms with Crippen LogP contribution in [0.4, 0.5) is 11.5 Å². The van der Waals surface area contributed by atoms with Gasteiger partial charge in [0.25, 0.3) is 5.91 Å². The van der Waals surface area contributed by atoms with Crippen LogP contribution in [-0.2, 0) is 7.05 Å². The number of nitrogens with one attached hydrogen (secondary N) is 2. The molecule has 2 N–H and O–H groups in total. The molecular weight excluding hydrogens is 340 g/mol. The van der Waals surface area contributed by atoms with Gasteiger partial charge in [-0.3, -0.25) is 9.48 Å². The molecule has 27 heavy (non-hydrogen) atoms. The maximum absolute atomic E-state index is 12.7. The Hall–Kier alpha value is -3.22. The molecule has 3 rings (SSSR count). The lowest BCUT2D eigenvalue weighted by Crippen LogP contribution is -2.27. The normalized spacial score (nSPS) is 11.9. The Morgan fingerprint density at radius 1 is 1.15 bits per heavy atom. The van der Waals surface area contributed by atoms with Gasteiger partial charge in [0, 0.05) is 41.3 Å². The van der Waals surface area contributed by atoms with Crippen LogP contribution in [0.3, 0.4) is 0 Å². The molecule has 0 spiro atoms. The minimum Gasteiger partial charge on any atom is -0.345 e. The Labute approximate surface area is 158 Å². The molecule has 1 aromatic carbocycles. The van der Waals surface area contributed by atoms with E-state index in [0.29, 0.717) is 17.2 Å². The third kappa shape index (κ3) is 4.31. The van der Waals surface area contributed by atoms with Crippen molar-refractivity contribution in [2.24, 2.45) is 7.05 Å². The van der Waals surface area contributed by atoms with Gasteiger partial charge in [-0.15, -0.1) is 0 Å². The summed E-state index contributed by atoms with van der Waals surface area (Å²) in [5.74, 6) is 1.27. The average Bonchev–Trinajstić information content (AvgIpc) is 2.93. The number of nitrogens with zero attached hydrogens (tertiary/aromatic N) is 4. The lowest BCUT2D eigenvalue weighted by molar-refractivity contribution is 0.0940. The smallest absolute Gasteiger partial charge is 0.251 e. The van der Waals surface area contributed by atoms with Gasteiger partial charge in [0.05, 0.1) is 12.2 Å². The van der Waals surface area contributed by atoms with Crippen LogP contribution in [0.1, 0.15) is 46.1 Å². The molecule has 0 saturated carbocycles. The maximum atomic E-state index is 12.7. The maximum Gasteiger partial charge on any atom is 0.251 e. The predicted molar refractivity (Wildman–Crippen MR) is 105 cm³/mol. The number of hydrogen-bond donors (Lipinski definition) is 2. The summed E-state index contributed by atoms with van der Waals surface area (Å²) in [5, 5.41) is 10.5. The van der Waals surface area contributed by atoms with Crippen LogP contribution in [0.15, 0.2) is 36.5 Å². The highest BCUT2D eigenvalue weighted by Gasteiger charge is 2.16. The third-order valence-corrected chi connectivity index (χ3v) is 4.45. The van der Waals surface area contributed by atoms with Crippen LogP contribution < -0.4 is 10.6 Å². The fraction of sp³-hybridized carbons (Fsp3) is 0.300. The standard InChI is InChI=1S/C20H24N6O/c1-12-9-19(24-15(4)22-12)25-17-8-6-7-16(10-17)20(27)23-13(2)18-11-21-26(5)14(18)3/h6-11,13H,1-5H3,(H,23,27)(H,22,24,25)/t13-/m0/s1. The largest absolute Gasteiger partial charge is 0.345 e. The molecule has 7 heteroatoms. The first kappa shape index (κ1) is 18.6. The lowest BCUT2D eigenvalue weighted by atomic mass is 10.1. The van der Waals surface area contributed by atoms with E-state index in [2.05, 4.69) is 25.7 Å². The van der Waals surface area contributed by atoms with Gasteiger partial charge in [0.15, 0.2) is 0 Å². The Bertz CT molecular complexity index is 958. The van der Waals surface area contributed by atoms with Crippen LogP contribution in [0, 0.1) is 20.8 Å². The van der Waals surface area contributed by atoms with E-state index < -0.39 is 0 Å². The SMILES string of the molecule is Cc1cc(Nc2cccc(C(=O)N[C@@H](C)c3cnn(C)c3C)c2)nc(C)n1. The first-order valence-electron chi connectivity index (χ1n) is 8.82. The van der Waals surface area contributed by atoms with Gasteiger partial charge in [0.2, 0.25) is 0 Å². The first-order valence-corrected chi connectivity index (χ1v) is 8.82. The van der Waals surface area contributed by atoms with Gasteiger partial charge in [-0.25, -0.2) is 9.97 Å². The minimum absolute atomic E-state index is 0.130. The fourth-order valence-corrected chi connectivity index (χ4v) is 2.97. The van der Waals surface area contributed by atoms with Crippen LogP contribution in [-0.4, -0.2) is 25.7 Å². The number of benzene rings is 1. The Morgan fingerprint density at radius 3 is 2.59 bits per heavy atom. The Kier molecular flexibility index (Phi) is 5.21. The number of aromatic nitrogens is 4.